The third-order valence-electron chi connectivity index (χ3n) is 3.74. The summed E-state index contributed by atoms with van der Waals surface area (Å²) in [7, 11) is 0. The number of Topliss-reactive ketones (excluding diaryl/α,β-unsaturated/α-hetero) is 1. The van der Waals surface area contributed by atoms with E-state index in [9.17, 15) is 4.79 Å². The Morgan fingerprint density at radius 3 is 2.77 bits per heavy atom. The van der Waals surface area contributed by atoms with E-state index < -0.39 is 0 Å². The molecule has 0 spiro atoms. The van der Waals surface area contributed by atoms with Crippen LogP contribution in [0.1, 0.15) is 48.7 Å². The van der Waals surface area contributed by atoms with Crippen LogP contribution >= 0.6 is 11.6 Å². The van der Waals surface area contributed by atoms with Crippen LogP contribution < -0.4 is 5.32 Å². The summed E-state index contributed by atoms with van der Waals surface area (Å²) in [6.07, 6.45) is 2.68. The summed E-state index contributed by atoms with van der Waals surface area (Å²) >= 11 is 5.82. The van der Waals surface area contributed by atoms with Crippen LogP contribution in [0.2, 0.25) is 5.02 Å². The van der Waals surface area contributed by atoms with Gasteiger partial charge in [-0.05, 0) is 25.0 Å². The lowest BCUT2D eigenvalue weighted by Gasteiger charge is -2.24. The number of rotatable bonds is 2. The van der Waals surface area contributed by atoms with Gasteiger partial charge in [0.1, 0.15) is 11.5 Å². The van der Waals surface area contributed by atoms with E-state index in [1.54, 1.807) is 13.1 Å². The molecule has 118 valence electrons. The molecule has 1 aromatic carbocycles. The fourth-order valence-electron chi connectivity index (χ4n) is 2.55. The molecule has 0 aliphatic carbocycles. The van der Waals surface area contributed by atoms with Crippen molar-refractivity contribution in [1.82, 2.24) is 14.9 Å². The molecule has 3 rings (SSSR count). The lowest BCUT2D eigenvalue weighted by Crippen LogP contribution is -2.32. The van der Waals surface area contributed by atoms with Gasteiger partial charge < -0.3 is 9.88 Å². The fraction of sp³-hybridized carbons (Fsp3) is 0.412. The number of carbonyl (C=O) groups excluding carboxylic acids is 1. The molecule has 22 heavy (non-hydrogen) atoms. The topological polar surface area (TPSA) is 46.9 Å². The van der Waals surface area contributed by atoms with Gasteiger partial charge in [0.25, 0.3) is 0 Å². The largest absolute Gasteiger partial charge is 0.320 e. The van der Waals surface area contributed by atoms with Crippen molar-refractivity contribution in [3.8, 4) is 0 Å². The van der Waals surface area contributed by atoms with Gasteiger partial charge in [-0.15, -0.1) is 0 Å². The van der Waals surface area contributed by atoms with Crippen molar-refractivity contribution in [2.75, 3.05) is 6.54 Å². The highest BCUT2D eigenvalue weighted by Gasteiger charge is 2.21. The first-order valence-corrected chi connectivity index (χ1v) is 7.93. The zero-order valence-electron chi connectivity index (χ0n) is 13.3. The minimum absolute atomic E-state index is 0.0903. The van der Waals surface area contributed by atoms with Crippen LogP contribution in [0.4, 0.5) is 0 Å². The Morgan fingerprint density at radius 2 is 2.18 bits per heavy atom. The Balaban J connectivity index is 0.000000172. The van der Waals surface area contributed by atoms with Gasteiger partial charge in [-0.1, -0.05) is 36.7 Å². The van der Waals surface area contributed by atoms with Gasteiger partial charge >= 0.3 is 0 Å². The van der Waals surface area contributed by atoms with E-state index in [-0.39, 0.29) is 5.78 Å². The molecular weight excluding hydrogens is 298 g/mol. The third kappa shape index (κ3) is 3.76. The normalized spacial score (nSPS) is 16.5. The maximum Gasteiger partial charge on any atom is 0.177 e. The standard InChI is InChI=1S/C9H13N3O.C8H9Cl/c1-6-3-10-5-9-11-4-8(7(2)13)12(6)9;1-2-7-5-3-4-6-8(7)9/h4,6,10H,3,5H2,1-2H3;3-6H,2H2,1H3. The average molecular weight is 320 g/mol. The number of aryl methyl sites for hydroxylation is 1. The van der Waals surface area contributed by atoms with Crippen LogP contribution in [0.3, 0.4) is 0 Å². The number of nitrogens with one attached hydrogen (secondary N) is 1. The van der Waals surface area contributed by atoms with Crippen LogP contribution in [0.15, 0.2) is 30.5 Å². The van der Waals surface area contributed by atoms with Crippen molar-refractivity contribution in [3.63, 3.8) is 0 Å². The van der Waals surface area contributed by atoms with Crippen LogP contribution in [0.25, 0.3) is 0 Å². The molecule has 5 heteroatoms. The molecule has 1 atom stereocenters. The zero-order valence-corrected chi connectivity index (χ0v) is 14.0. The number of hydrogen-bond donors (Lipinski definition) is 1. The molecule has 0 saturated heterocycles. The van der Waals surface area contributed by atoms with Gasteiger partial charge in [-0.3, -0.25) is 4.79 Å². The lowest BCUT2D eigenvalue weighted by atomic mass is 10.2. The van der Waals surface area contributed by atoms with E-state index >= 15 is 0 Å². The summed E-state index contributed by atoms with van der Waals surface area (Å²) in [5.41, 5.74) is 1.95. The SMILES string of the molecule is CC(=O)c1cnc2n1C(C)CNC2.CCc1ccccc1Cl. The molecule has 0 fully saturated rings. The number of halogens is 1. The van der Waals surface area contributed by atoms with Crippen molar-refractivity contribution in [1.29, 1.82) is 0 Å². The minimum Gasteiger partial charge on any atom is -0.320 e. The van der Waals surface area contributed by atoms with Crippen LogP contribution in [0, 0.1) is 0 Å². The first-order valence-electron chi connectivity index (χ1n) is 7.55. The maximum atomic E-state index is 11.2. The van der Waals surface area contributed by atoms with E-state index in [0.717, 1.165) is 36.1 Å². The highest BCUT2D eigenvalue weighted by molar-refractivity contribution is 6.31. The number of hydrogen-bond acceptors (Lipinski definition) is 3. The second-order valence-electron chi connectivity index (χ2n) is 5.41. The fourth-order valence-corrected chi connectivity index (χ4v) is 2.82. The minimum atomic E-state index is 0.0903. The summed E-state index contributed by atoms with van der Waals surface area (Å²) in [5, 5.41) is 4.12. The predicted octanol–water partition coefficient (Wildman–Crippen LogP) is 3.65. The van der Waals surface area contributed by atoms with E-state index in [1.165, 1.54) is 5.56 Å². The predicted molar refractivity (Wildman–Crippen MR) is 89.5 cm³/mol. The van der Waals surface area contributed by atoms with Gasteiger partial charge in [0, 0.05) is 24.5 Å². The molecule has 4 nitrogen and oxygen atoms in total. The number of aromatic nitrogens is 2. The third-order valence-corrected chi connectivity index (χ3v) is 4.11. The Morgan fingerprint density at radius 1 is 1.45 bits per heavy atom. The Hall–Kier alpha value is -1.65. The molecule has 0 radical (unpaired) electrons. The monoisotopic (exact) mass is 319 g/mol. The molecule has 1 aliphatic rings. The number of fused-ring (bicyclic) bond motifs is 1. The van der Waals surface area contributed by atoms with Crippen molar-refractivity contribution < 1.29 is 4.79 Å². The molecule has 1 N–H and O–H groups in total. The molecule has 2 heterocycles. The summed E-state index contributed by atoms with van der Waals surface area (Å²) < 4.78 is 2.03. The van der Waals surface area contributed by atoms with E-state index in [4.69, 9.17) is 11.6 Å². The number of nitrogens with zero attached hydrogens (tertiary/aromatic N) is 2. The van der Waals surface area contributed by atoms with Crippen molar-refractivity contribution in [2.45, 2.75) is 39.8 Å². The molecular formula is C17H22ClN3O. The number of carbonyl (C=O) groups is 1. The van der Waals surface area contributed by atoms with Gasteiger partial charge in [0.15, 0.2) is 5.78 Å². The number of ketones is 1. The second-order valence-corrected chi connectivity index (χ2v) is 5.82. The molecule has 0 amide bonds. The van der Waals surface area contributed by atoms with Crippen LogP contribution in [0.5, 0.6) is 0 Å². The average Bonchev–Trinajstić information content (AvgIpc) is 2.94. The Labute approximate surface area is 136 Å². The smallest absolute Gasteiger partial charge is 0.177 e. The summed E-state index contributed by atoms with van der Waals surface area (Å²) in [4.78, 5) is 15.5. The first kappa shape index (κ1) is 16.7. The summed E-state index contributed by atoms with van der Waals surface area (Å²) in [6.45, 7) is 7.44. The van der Waals surface area contributed by atoms with Crippen LogP contribution in [-0.4, -0.2) is 21.9 Å². The summed E-state index contributed by atoms with van der Waals surface area (Å²) in [6, 6.07) is 8.24. The highest BCUT2D eigenvalue weighted by atomic mass is 35.5. The van der Waals surface area contributed by atoms with Gasteiger partial charge in [-0.2, -0.15) is 0 Å². The molecule has 0 saturated carbocycles. The quantitative estimate of drug-likeness (QED) is 0.859. The lowest BCUT2D eigenvalue weighted by molar-refractivity contribution is 0.100. The van der Waals surface area contributed by atoms with Gasteiger partial charge in [0.05, 0.1) is 12.7 Å². The van der Waals surface area contributed by atoms with Gasteiger partial charge in [0.2, 0.25) is 0 Å². The Bertz CT molecular complexity index is 651. The maximum absolute atomic E-state index is 11.2. The van der Waals surface area contributed by atoms with E-state index in [1.807, 2.05) is 28.8 Å². The van der Waals surface area contributed by atoms with Gasteiger partial charge in [-0.25, -0.2) is 4.98 Å². The van der Waals surface area contributed by atoms with E-state index in [0.29, 0.717) is 6.04 Å². The molecule has 1 unspecified atom stereocenters. The van der Waals surface area contributed by atoms with Crippen molar-refractivity contribution >= 4 is 17.4 Å². The molecule has 2 aromatic rings. The number of benzene rings is 1. The van der Waals surface area contributed by atoms with E-state index in [2.05, 4.69) is 24.1 Å². The zero-order chi connectivity index (χ0) is 16.1. The van der Waals surface area contributed by atoms with Crippen LogP contribution in [-0.2, 0) is 13.0 Å². The van der Waals surface area contributed by atoms with Crippen molar-refractivity contribution in [2.24, 2.45) is 0 Å². The molecule has 1 aromatic heterocycles. The van der Waals surface area contributed by atoms with Crippen molar-refractivity contribution in [3.05, 3.63) is 52.6 Å². The molecule has 1 aliphatic heterocycles. The second kappa shape index (κ2) is 7.56. The Kier molecular flexibility index (Phi) is 5.75. The first-order chi connectivity index (χ1) is 10.5. The molecule has 0 bridgehead atoms. The summed E-state index contributed by atoms with van der Waals surface area (Å²) in [5.74, 6) is 1.05. The number of imidazole rings is 1. The highest BCUT2D eigenvalue weighted by Crippen LogP contribution is 2.17.